The fourth-order valence-electron chi connectivity index (χ4n) is 8.51. The van der Waals surface area contributed by atoms with Crippen LogP contribution in [0.2, 0.25) is 0 Å². The zero-order valence-corrected chi connectivity index (χ0v) is 24.2. The largest absolute Gasteiger partial charge is 0.507 e. The number of rotatable bonds is 4. The molecule has 6 atom stereocenters. The molecule has 43 heavy (non-hydrogen) atoms. The Balaban J connectivity index is 1.53. The number of aromatic hydroxyl groups is 1. The van der Waals surface area contributed by atoms with Gasteiger partial charge in [-0.1, -0.05) is 90.5 Å². The summed E-state index contributed by atoms with van der Waals surface area (Å²) >= 11 is 0. The summed E-state index contributed by atoms with van der Waals surface area (Å²) in [7, 11) is 0. The number of phenols is 1. The minimum absolute atomic E-state index is 0.0762. The van der Waals surface area contributed by atoms with Crippen LogP contribution in [-0.4, -0.2) is 39.9 Å². The molecule has 6 unspecified atom stereocenters. The van der Waals surface area contributed by atoms with Gasteiger partial charge in [-0.2, -0.15) is 0 Å². The fourth-order valence-corrected chi connectivity index (χ4v) is 8.51. The molecule has 3 aromatic rings. The number of hydrogen-bond donors (Lipinski definition) is 1. The van der Waals surface area contributed by atoms with Gasteiger partial charge >= 0.3 is 0 Å². The van der Waals surface area contributed by atoms with Gasteiger partial charge in [0.25, 0.3) is 0 Å². The number of amides is 2. The van der Waals surface area contributed by atoms with Gasteiger partial charge in [-0.05, 0) is 55.4 Å². The Bertz CT molecular complexity index is 1740. The average Bonchev–Trinajstić information content (AvgIpc) is 3.28. The van der Waals surface area contributed by atoms with E-state index in [2.05, 4.69) is 0 Å². The van der Waals surface area contributed by atoms with E-state index in [1.165, 1.54) is 11.0 Å². The van der Waals surface area contributed by atoms with E-state index in [4.69, 9.17) is 0 Å². The molecule has 0 spiro atoms. The minimum Gasteiger partial charge on any atom is -0.507 e. The molecule has 1 aliphatic heterocycles. The van der Waals surface area contributed by atoms with Crippen molar-refractivity contribution in [1.29, 1.82) is 0 Å². The third kappa shape index (κ3) is 3.71. The third-order valence-electron chi connectivity index (χ3n) is 10.4. The SMILES string of the molecule is CCN1C(=O)C2CC=C3C(CC4C(=O)C(c5ccccc5)=CC(=O)C4(c4ccccc4)C3c3cccc(C)c3O)C2C1=O. The number of allylic oxidation sites excluding steroid dienone is 4. The zero-order valence-electron chi connectivity index (χ0n) is 24.2. The molecule has 1 saturated heterocycles. The van der Waals surface area contributed by atoms with Crippen LogP contribution in [0.1, 0.15) is 47.9 Å². The number of fused-ring (bicyclic) bond motifs is 4. The van der Waals surface area contributed by atoms with Crippen LogP contribution in [0.15, 0.2) is 96.6 Å². The maximum Gasteiger partial charge on any atom is 0.233 e. The van der Waals surface area contributed by atoms with Crippen LogP contribution in [0.5, 0.6) is 5.75 Å². The minimum atomic E-state index is -1.34. The van der Waals surface area contributed by atoms with Crippen molar-refractivity contribution >= 4 is 29.0 Å². The van der Waals surface area contributed by atoms with Gasteiger partial charge in [0.15, 0.2) is 11.6 Å². The second kappa shape index (κ2) is 10.0. The molecule has 1 saturated carbocycles. The predicted molar refractivity (Wildman–Crippen MR) is 162 cm³/mol. The van der Waals surface area contributed by atoms with Gasteiger partial charge in [0.1, 0.15) is 5.75 Å². The van der Waals surface area contributed by atoms with Crippen molar-refractivity contribution in [1.82, 2.24) is 4.90 Å². The highest BCUT2D eigenvalue weighted by Crippen LogP contribution is 2.64. The Labute approximate surface area is 250 Å². The van der Waals surface area contributed by atoms with Gasteiger partial charge in [-0.25, -0.2) is 0 Å². The molecule has 7 rings (SSSR count). The van der Waals surface area contributed by atoms with Crippen molar-refractivity contribution in [2.75, 3.05) is 6.54 Å². The molecule has 2 fully saturated rings. The summed E-state index contributed by atoms with van der Waals surface area (Å²) in [4.78, 5) is 58.2. The van der Waals surface area contributed by atoms with Gasteiger partial charge in [0, 0.05) is 29.5 Å². The van der Waals surface area contributed by atoms with E-state index in [0.29, 0.717) is 40.8 Å². The molecule has 1 heterocycles. The number of ketones is 2. The number of aryl methyl sites for hydroxylation is 1. The highest BCUT2D eigenvalue weighted by molar-refractivity contribution is 6.31. The van der Waals surface area contributed by atoms with E-state index >= 15 is 0 Å². The van der Waals surface area contributed by atoms with Crippen LogP contribution in [0.4, 0.5) is 0 Å². The molecule has 216 valence electrons. The van der Waals surface area contributed by atoms with E-state index < -0.39 is 35.0 Å². The Kier molecular flexibility index (Phi) is 6.35. The first-order valence-electron chi connectivity index (χ1n) is 15.1. The first-order valence-corrected chi connectivity index (χ1v) is 15.1. The Morgan fingerprint density at radius 1 is 0.860 bits per heavy atom. The Hall–Kier alpha value is -4.58. The van der Waals surface area contributed by atoms with Gasteiger partial charge in [-0.15, -0.1) is 0 Å². The molecule has 0 bridgehead atoms. The van der Waals surface area contributed by atoms with Crippen LogP contribution in [0, 0.1) is 30.6 Å². The van der Waals surface area contributed by atoms with Crippen LogP contribution in [-0.2, 0) is 24.6 Å². The van der Waals surface area contributed by atoms with Crippen molar-refractivity contribution in [2.24, 2.45) is 23.7 Å². The van der Waals surface area contributed by atoms with Crippen molar-refractivity contribution in [2.45, 2.75) is 38.0 Å². The van der Waals surface area contributed by atoms with E-state index in [1.807, 2.05) is 91.9 Å². The summed E-state index contributed by atoms with van der Waals surface area (Å²) in [5, 5.41) is 11.6. The van der Waals surface area contributed by atoms with Crippen molar-refractivity contribution in [3.63, 3.8) is 0 Å². The maximum atomic E-state index is 14.9. The number of carbonyl (C=O) groups is 4. The molecule has 6 heteroatoms. The van der Waals surface area contributed by atoms with E-state index in [0.717, 1.165) is 5.57 Å². The molecule has 0 radical (unpaired) electrons. The normalized spacial score (nSPS) is 29.9. The summed E-state index contributed by atoms with van der Waals surface area (Å²) in [6.45, 7) is 3.91. The van der Waals surface area contributed by atoms with Gasteiger partial charge in [0.05, 0.1) is 17.3 Å². The first kappa shape index (κ1) is 27.3. The Morgan fingerprint density at radius 2 is 1.56 bits per heavy atom. The third-order valence-corrected chi connectivity index (χ3v) is 10.4. The maximum absolute atomic E-state index is 14.9. The van der Waals surface area contributed by atoms with Gasteiger partial charge in [0.2, 0.25) is 11.8 Å². The molecule has 3 aliphatic carbocycles. The number of nitrogens with zero attached hydrogens (tertiary/aromatic N) is 1. The Morgan fingerprint density at radius 3 is 2.26 bits per heavy atom. The number of likely N-dealkylation sites (tertiary alicyclic amines) is 1. The molecular weight excluding hydrogens is 538 g/mol. The lowest BCUT2D eigenvalue weighted by atomic mass is 9.44. The standard InChI is InChI=1S/C37H33NO5/c1-3-38-35(42)25-18-17-24-28(31(25)36(38)43)19-29-34(41)27(22-12-6-4-7-13-22)20-30(39)37(29,23-14-8-5-9-15-23)32(24)26-16-10-11-21(2)33(26)40/h4-17,20,25,28-29,31-32,40H,3,18-19H2,1-2H3. The van der Waals surface area contributed by atoms with Crippen LogP contribution in [0.25, 0.3) is 5.57 Å². The van der Waals surface area contributed by atoms with Gasteiger partial charge < -0.3 is 5.11 Å². The first-order chi connectivity index (χ1) is 20.8. The molecule has 2 amide bonds. The number of Topliss-reactive ketones (excluding diaryl/α,β-unsaturated/α-hetero) is 1. The van der Waals surface area contributed by atoms with Gasteiger partial charge in [-0.3, -0.25) is 24.1 Å². The number of imide groups is 1. The lowest BCUT2D eigenvalue weighted by Crippen LogP contribution is -2.58. The van der Waals surface area contributed by atoms with Crippen molar-refractivity contribution < 1.29 is 24.3 Å². The summed E-state index contributed by atoms with van der Waals surface area (Å²) in [6.07, 6.45) is 4.16. The molecule has 6 nitrogen and oxygen atoms in total. The highest BCUT2D eigenvalue weighted by Gasteiger charge is 2.66. The highest BCUT2D eigenvalue weighted by atomic mass is 16.3. The predicted octanol–water partition coefficient (Wildman–Crippen LogP) is 5.54. The molecule has 3 aromatic carbocycles. The summed E-state index contributed by atoms with van der Waals surface area (Å²) in [5.74, 6) is -3.69. The smallest absolute Gasteiger partial charge is 0.233 e. The quantitative estimate of drug-likeness (QED) is 0.328. The van der Waals surface area contributed by atoms with Crippen molar-refractivity contribution in [3.8, 4) is 5.75 Å². The van der Waals surface area contributed by atoms with Crippen molar-refractivity contribution in [3.05, 3.63) is 119 Å². The lowest BCUT2D eigenvalue weighted by molar-refractivity contribution is -0.140. The summed E-state index contributed by atoms with van der Waals surface area (Å²) in [5.41, 5.74) is 2.48. The molecule has 1 N–H and O–H groups in total. The summed E-state index contributed by atoms with van der Waals surface area (Å²) in [6, 6.07) is 24.1. The average molecular weight is 572 g/mol. The van der Waals surface area contributed by atoms with E-state index in [1.54, 1.807) is 6.92 Å². The van der Waals surface area contributed by atoms with Crippen LogP contribution < -0.4 is 0 Å². The zero-order chi connectivity index (χ0) is 30.0. The van der Waals surface area contributed by atoms with E-state index in [9.17, 15) is 24.3 Å². The van der Waals surface area contributed by atoms with Crippen LogP contribution >= 0.6 is 0 Å². The second-order valence-electron chi connectivity index (χ2n) is 12.2. The lowest BCUT2D eigenvalue weighted by Gasteiger charge is -2.55. The number of carbonyl (C=O) groups excluding carboxylic acids is 4. The monoisotopic (exact) mass is 571 g/mol. The molecular formula is C37H33NO5. The fraction of sp³-hybridized carbons (Fsp3) is 0.297. The second-order valence-corrected chi connectivity index (χ2v) is 12.2. The number of benzene rings is 3. The van der Waals surface area contributed by atoms with E-state index in [-0.39, 0.29) is 35.6 Å². The topological polar surface area (TPSA) is 91.8 Å². The summed E-state index contributed by atoms with van der Waals surface area (Å²) < 4.78 is 0. The number of hydrogen-bond acceptors (Lipinski definition) is 5. The number of phenolic OH excluding ortho intramolecular Hbond substituents is 1. The number of para-hydroxylation sites is 1. The molecule has 0 aromatic heterocycles. The van der Waals surface area contributed by atoms with Crippen LogP contribution in [0.3, 0.4) is 0 Å². The molecule has 4 aliphatic rings.